The van der Waals surface area contributed by atoms with Gasteiger partial charge in [-0.05, 0) is 11.5 Å². The first-order chi connectivity index (χ1) is 11.0. The number of anilines is 1. The summed E-state index contributed by atoms with van der Waals surface area (Å²) in [6.07, 6.45) is -0.916. The molecule has 1 unspecified atom stereocenters. The van der Waals surface area contributed by atoms with Crippen LogP contribution in [0.3, 0.4) is 0 Å². The summed E-state index contributed by atoms with van der Waals surface area (Å²) in [6.45, 7) is 7.76. The summed E-state index contributed by atoms with van der Waals surface area (Å²) in [5.41, 5.74) is -0.273. The van der Waals surface area contributed by atoms with Crippen molar-refractivity contribution in [1.82, 2.24) is 4.90 Å². The molecule has 0 saturated carbocycles. The molecule has 1 amide bonds. The Hall–Kier alpha value is -2.38. The molecule has 8 heteroatoms. The highest BCUT2D eigenvalue weighted by Gasteiger charge is 2.64. The monoisotopic (exact) mass is 337 g/mol. The maximum atomic E-state index is 13.8. The number of benzene rings is 1. The Bertz CT molecular complexity index is 710. The first-order valence-electron chi connectivity index (χ1n) is 7.74. The maximum absolute atomic E-state index is 13.8. The van der Waals surface area contributed by atoms with Crippen LogP contribution < -0.4 is 4.90 Å². The van der Waals surface area contributed by atoms with Gasteiger partial charge < -0.3 is 14.9 Å². The molecule has 7 nitrogen and oxygen atoms in total. The van der Waals surface area contributed by atoms with E-state index in [-0.39, 0.29) is 16.9 Å². The van der Waals surface area contributed by atoms with E-state index in [1.54, 1.807) is 0 Å². The van der Waals surface area contributed by atoms with Crippen molar-refractivity contribution in [2.24, 2.45) is 10.8 Å². The van der Waals surface area contributed by atoms with Gasteiger partial charge in [-0.2, -0.15) is 4.39 Å². The molecule has 1 spiro atoms. The number of hydrogen-bond acceptors (Lipinski definition) is 4. The van der Waals surface area contributed by atoms with E-state index in [0.717, 1.165) is 0 Å². The Morgan fingerprint density at radius 3 is 2.46 bits per heavy atom. The normalized spacial score (nSPS) is 22.1. The fourth-order valence-electron chi connectivity index (χ4n) is 4.31. The Kier molecular flexibility index (Phi) is 3.47. The lowest BCUT2D eigenvalue weighted by molar-refractivity contribution is -0.387. The van der Waals surface area contributed by atoms with Crippen LogP contribution in [-0.2, 0) is 0 Å². The first kappa shape index (κ1) is 16.5. The van der Waals surface area contributed by atoms with E-state index in [9.17, 15) is 24.4 Å². The Morgan fingerprint density at radius 2 is 2.00 bits per heavy atom. The average Bonchev–Trinajstić information content (AvgIpc) is 2.32. The Morgan fingerprint density at radius 1 is 1.38 bits per heavy atom. The van der Waals surface area contributed by atoms with E-state index >= 15 is 0 Å². The van der Waals surface area contributed by atoms with Crippen LogP contribution in [0.5, 0.6) is 0 Å². The van der Waals surface area contributed by atoms with E-state index in [4.69, 9.17) is 0 Å². The minimum Gasteiger partial charge on any atom is -0.465 e. The SMILES string of the molecule is CC(C)(C)C1N(C(=O)O)CC12CN(c1ccc([N+](=O)[O-])c(F)c1)C2. The molecule has 2 heterocycles. The predicted octanol–water partition coefficient (Wildman–Crippen LogP) is 2.95. The third kappa shape index (κ3) is 2.37. The van der Waals surface area contributed by atoms with Gasteiger partial charge in [0.1, 0.15) is 0 Å². The summed E-state index contributed by atoms with van der Waals surface area (Å²) in [5, 5.41) is 20.0. The van der Waals surface area contributed by atoms with E-state index in [0.29, 0.717) is 25.3 Å². The molecule has 2 aliphatic heterocycles. The van der Waals surface area contributed by atoms with Gasteiger partial charge in [0.2, 0.25) is 5.82 Å². The topological polar surface area (TPSA) is 86.9 Å². The van der Waals surface area contributed by atoms with Crippen molar-refractivity contribution in [3.05, 3.63) is 34.1 Å². The van der Waals surface area contributed by atoms with Crippen molar-refractivity contribution >= 4 is 17.5 Å². The fourth-order valence-corrected chi connectivity index (χ4v) is 4.31. The fraction of sp³-hybridized carbons (Fsp3) is 0.562. The molecule has 0 bridgehead atoms. The van der Waals surface area contributed by atoms with Crippen LogP contribution >= 0.6 is 0 Å². The van der Waals surface area contributed by atoms with Gasteiger partial charge in [0, 0.05) is 42.9 Å². The summed E-state index contributed by atoms with van der Waals surface area (Å²) >= 11 is 0. The second kappa shape index (κ2) is 5.06. The molecule has 1 N–H and O–H groups in total. The number of likely N-dealkylation sites (tertiary alicyclic amines) is 1. The van der Waals surface area contributed by atoms with Gasteiger partial charge in [0.25, 0.3) is 0 Å². The summed E-state index contributed by atoms with van der Waals surface area (Å²) in [5.74, 6) is -0.855. The number of amides is 1. The molecule has 3 rings (SSSR count). The molecule has 2 aliphatic rings. The van der Waals surface area contributed by atoms with E-state index in [2.05, 4.69) is 0 Å². The first-order valence-corrected chi connectivity index (χ1v) is 7.74. The van der Waals surface area contributed by atoms with Crippen LogP contribution in [0, 0.1) is 26.8 Å². The van der Waals surface area contributed by atoms with Gasteiger partial charge in [-0.1, -0.05) is 20.8 Å². The van der Waals surface area contributed by atoms with E-state index in [1.165, 1.54) is 23.1 Å². The average molecular weight is 337 g/mol. The minimum absolute atomic E-state index is 0.0957. The molecule has 2 fully saturated rings. The largest absolute Gasteiger partial charge is 0.465 e. The van der Waals surface area contributed by atoms with Gasteiger partial charge in [-0.25, -0.2) is 4.79 Å². The molecule has 130 valence electrons. The number of nitro benzene ring substituents is 1. The number of carboxylic acid groups (broad SMARTS) is 1. The molecule has 0 aromatic heterocycles. The van der Waals surface area contributed by atoms with Crippen LogP contribution in [0.2, 0.25) is 0 Å². The van der Waals surface area contributed by atoms with E-state index in [1.807, 2.05) is 25.7 Å². The number of rotatable bonds is 2. The van der Waals surface area contributed by atoms with Crippen molar-refractivity contribution in [2.45, 2.75) is 26.8 Å². The van der Waals surface area contributed by atoms with Crippen molar-refractivity contribution in [3.63, 3.8) is 0 Å². The zero-order chi connectivity index (χ0) is 17.9. The summed E-state index contributed by atoms with van der Waals surface area (Å²) in [6, 6.07) is 3.78. The number of hydrogen-bond donors (Lipinski definition) is 1. The summed E-state index contributed by atoms with van der Waals surface area (Å²) in [4.78, 5) is 24.7. The summed E-state index contributed by atoms with van der Waals surface area (Å²) in [7, 11) is 0. The molecule has 2 saturated heterocycles. The van der Waals surface area contributed by atoms with Gasteiger partial charge in [-0.15, -0.1) is 0 Å². The van der Waals surface area contributed by atoms with Crippen LogP contribution in [0.15, 0.2) is 18.2 Å². The van der Waals surface area contributed by atoms with Gasteiger partial charge in [0.05, 0.1) is 11.0 Å². The highest BCUT2D eigenvalue weighted by atomic mass is 19.1. The van der Waals surface area contributed by atoms with Crippen LogP contribution in [-0.4, -0.2) is 46.7 Å². The van der Waals surface area contributed by atoms with Crippen LogP contribution in [0.1, 0.15) is 20.8 Å². The Labute approximate surface area is 138 Å². The zero-order valence-electron chi connectivity index (χ0n) is 13.8. The standard InChI is InChI=1S/C16H20FN3O4/c1-15(2,3)13-16(9-19(13)14(21)22)7-18(8-16)10-4-5-12(20(23)24)11(17)6-10/h4-6,13H,7-9H2,1-3H3,(H,21,22). The highest BCUT2D eigenvalue weighted by molar-refractivity contribution is 5.68. The zero-order valence-corrected chi connectivity index (χ0v) is 13.8. The molecule has 1 aromatic rings. The maximum Gasteiger partial charge on any atom is 0.407 e. The third-order valence-corrected chi connectivity index (χ3v) is 4.95. The highest BCUT2D eigenvalue weighted by Crippen LogP contribution is 2.53. The van der Waals surface area contributed by atoms with Crippen LogP contribution in [0.4, 0.5) is 20.6 Å². The molecule has 1 atom stereocenters. The summed E-state index contributed by atoms with van der Waals surface area (Å²) < 4.78 is 13.8. The second-order valence-electron chi connectivity index (χ2n) is 7.79. The molecule has 1 aromatic carbocycles. The molecule has 0 aliphatic carbocycles. The van der Waals surface area contributed by atoms with Crippen molar-refractivity contribution in [1.29, 1.82) is 0 Å². The quantitative estimate of drug-likeness (QED) is 0.662. The van der Waals surface area contributed by atoms with Crippen molar-refractivity contribution in [3.8, 4) is 0 Å². The number of nitrogens with zero attached hydrogens (tertiary/aromatic N) is 3. The Balaban J connectivity index is 1.76. The number of carbonyl (C=O) groups is 1. The molecular formula is C16H20FN3O4. The lowest BCUT2D eigenvalue weighted by Gasteiger charge is -2.68. The number of halogens is 1. The predicted molar refractivity (Wildman–Crippen MR) is 85.7 cm³/mol. The number of nitro groups is 1. The van der Waals surface area contributed by atoms with E-state index < -0.39 is 22.5 Å². The minimum atomic E-state index is -0.916. The molecular weight excluding hydrogens is 317 g/mol. The smallest absolute Gasteiger partial charge is 0.407 e. The van der Waals surface area contributed by atoms with Crippen molar-refractivity contribution < 1.29 is 19.2 Å². The third-order valence-electron chi connectivity index (χ3n) is 4.95. The lowest BCUT2D eigenvalue weighted by atomic mass is 9.58. The van der Waals surface area contributed by atoms with Gasteiger partial charge in [0.15, 0.2) is 0 Å². The molecule has 24 heavy (non-hydrogen) atoms. The molecule has 0 radical (unpaired) electrons. The van der Waals surface area contributed by atoms with Gasteiger partial charge >= 0.3 is 11.8 Å². The second-order valence-corrected chi connectivity index (χ2v) is 7.79. The van der Waals surface area contributed by atoms with Gasteiger partial charge in [-0.3, -0.25) is 10.1 Å². The van der Waals surface area contributed by atoms with Crippen LogP contribution in [0.25, 0.3) is 0 Å². The lowest BCUT2D eigenvalue weighted by Crippen LogP contribution is -2.81. The van der Waals surface area contributed by atoms with Crippen molar-refractivity contribution in [2.75, 3.05) is 24.5 Å².